The average molecular weight is 299 g/mol. The maximum Gasteiger partial charge on any atom is 0.330 e. The predicted octanol–water partition coefficient (Wildman–Crippen LogP) is 2.10. The van der Waals surface area contributed by atoms with Gasteiger partial charge in [-0.05, 0) is 30.2 Å². The lowest BCUT2D eigenvalue weighted by atomic mass is 10.1. The van der Waals surface area contributed by atoms with Crippen molar-refractivity contribution in [2.75, 3.05) is 0 Å². The Morgan fingerprint density at radius 2 is 1.89 bits per heavy atom. The minimum absolute atomic E-state index is 0.270. The zero-order valence-electron chi connectivity index (χ0n) is 10.3. The molecule has 0 saturated carbocycles. The first-order valence-electron chi connectivity index (χ1n) is 5.69. The van der Waals surface area contributed by atoms with E-state index >= 15 is 0 Å². The average Bonchev–Trinajstić information content (AvgIpc) is 2.38. The summed E-state index contributed by atoms with van der Waals surface area (Å²) in [4.78, 5) is 23.5. The van der Waals surface area contributed by atoms with E-state index in [1.54, 1.807) is 25.2 Å². The van der Waals surface area contributed by atoms with E-state index in [0.29, 0.717) is 16.5 Å². The molecular formula is C13H12Cl2N2O2. The van der Waals surface area contributed by atoms with Crippen LogP contribution in [0.2, 0.25) is 10.0 Å². The smallest absolute Gasteiger partial charge is 0.303 e. The second kappa shape index (κ2) is 5.63. The number of hydrogen-bond donors (Lipinski definition) is 0. The molecule has 100 valence electrons. The summed E-state index contributed by atoms with van der Waals surface area (Å²) >= 11 is 11.9. The van der Waals surface area contributed by atoms with Gasteiger partial charge < -0.3 is 4.57 Å². The van der Waals surface area contributed by atoms with Crippen LogP contribution in [-0.2, 0) is 20.0 Å². The molecule has 4 nitrogen and oxygen atoms in total. The molecule has 0 bridgehead atoms. The number of nitrogens with zero attached hydrogens (tertiary/aromatic N) is 2. The van der Waals surface area contributed by atoms with Crippen molar-refractivity contribution in [2.24, 2.45) is 7.05 Å². The second-order valence-corrected chi connectivity index (χ2v) is 5.03. The molecule has 0 aliphatic heterocycles. The molecule has 0 fully saturated rings. The van der Waals surface area contributed by atoms with Gasteiger partial charge in [0.2, 0.25) is 0 Å². The second-order valence-electron chi connectivity index (χ2n) is 4.18. The SMILES string of the molecule is Cn1ccc(=O)n(CCc2cc(Cl)ccc2Cl)c1=O. The Labute approximate surface area is 119 Å². The third-order valence-electron chi connectivity index (χ3n) is 2.85. The molecule has 1 heterocycles. The maximum atomic E-state index is 11.8. The van der Waals surface area contributed by atoms with Crippen LogP contribution in [0.1, 0.15) is 5.56 Å². The van der Waals surface area contributed by atoms with E-state index < -0.39 is 0 Å². The molecule has 0 amide bonds. The lowest BCUT2D eigenvalue weighted by Gasteiger charge is -2.08. The molecule has 2 rings (SSSR count). The van der Waals surface area contributed by atoms with Crippen molar-refractivity contribution in [3.63, 3.8) is 0 Å². The Hall–Kier alpha value is -1.52. The summed E-state index contributed by atoms with van der Waals surface area (Å²) in [5.41, 5.74) is 0.152. The van der Waals surface area contributed by atoms with Crippen LogP contribution in [0.3, 0.4) is 0 Å². The first-order valence-corrected chi connectivity index (χ1v) is 6.45. The summed E-state index contributed by atoms with van der Waals surface area (Å²) in [5.74, 6) is 0. The Kier molecular flexibility index (Phi) is 4.12. The van der Waals surface area contributed by atoms with Crippen molar-refractivity contribution in [1.82, 2.24) is 9.13 Å². The molecule has 0 atom stereocenters. The normalized spacial score (nSPS) is 10.7. The lowest BCUT2D eigenvalue weighted by Crippen LogP contribution is -2.38. The van der Waals surface area contributed by atoms with Gasteiger partial charge in [-0.3, -0.25) is 9.36 Å². The maximum absolute atomic E-state index is 11.8. The molecule has 0 saturated heterocycles. The van der Waals surface area contributed by atoms with Gasteiger partial charge in [0.1, 0.15) is 0 Å². The summed E-state index contributed by atoms with van der Waals surface area (Å²) in [5, 5.41) is 1.15. The van der Waals surface area contributed by atoms with Crippen LogP contribution in [-0.4, -0.2) is 9.13 Å². The van der Waals surface area contributed by atoms with Crippen molar-refractivity contribution in [3.05, 3.63) is 66.9 Å². The summed E-state index contributed by atoms with van der Waals surface area (Å²) in [6.07, 6.45) is 1.92. The van der Waals surface area contributed by atoms with E-state index in [0.717, 1.165) is 5.56 Å². The highest BCUT2D eigenvalue weighted by molar-refractivity contribution is 6.33. The third kappa shape index (κ3) is 3.08. The van der Waals surface area contributed by atoms with E-state index in [1.165, 1.54) is 21.4 Å². The van der Waals surface area contributed by atoms with Crippen molar-refractivity contribution in [1.29, 1.82) is 0 Å². The van der Waals surface area contributed by atoms with Crippen LogP contribution < -0.4 is 11.2 Å². The van der Waals surface area contributed by atoms with Gasteiger partial charge in [0.15, 0.2) is 0 Å². The molecular weight excluding hydrogens is 287 g/mol. The summed E-state index contributed by atoms with van der Waals surface area (Å²) in [6, 6.07) is 6.50. The van der Waals surface area contributed by atoms with Crippen LogP contribution in [0, 0.1) is 0 Å². The summed E-state index contributed by atoms with van der Waals surface area (Å²) < 4.78 is 2.54. The van der Waals surface area contributed by atoms with Crippen LogP contribution in [0.5, 0.6) is 0 Å². The van der Waals surface area contributed by atoms with E-state index in [4.69, 9.17) is 23.2 Å². The van der Waals surface area contributed by atoms with Gasteiger partial charge in [0.25, 0.3) is 5.56 Å². The first-order chi connectivity index (χ1) is 8.99. The van der Waals surface area contributed by atoms with E-state index in [1.807, 2.05) is 0 Å². The summed E-state index contributed by atoms with van der Waals surface area (Å²) in [7, 11) is 1.60. The van der Waals surface area contributed by atoms with Crippen LogP contribution in [0.15, 0.2) is 40.1 Å². The summed E-state index contributed by atoms with van der Waals surface area (Å²) in [6.45, 7) is 0.270. The first kappa shape index (κ1) is 13.9. The Bertz CT molecular complexity index is 719. The number of aromatic nitrogens is 2. The fourth-order valence-electron chi connectivity index (χ4n) is 1.79. The zero-order chi connectivity index (χ0) is 14.0. The number of halogens is 2. The topological polar surface area (TPSA) is 44.0 Å². The fraction of sp³-hybridized carbons (Fsp3) is 0.231. The molecule has 0 aliphatic rings. The van der Waals surface area contributed by atoms with E-state index in [-0.39, 0.29) is 17.8 Å². The number of aryl methyl sites for hydroxylation is 2. The van der Waals surface area contributed by atoms with Gasteiger partial charge in [0, 0.05) is 35.9 Å². The van der Waals surface area contributed by atoms with Crippen LogP contribution in [0.4, 0.5) is 0 Å². The van der Waals surface area contributed by atoms with Gasteiger partial charge in [-0.25, -0.2) is 4.79 Å². The Balaban J connectivity index is 2.29. The van der Waals surface area contributed by atoms with E-state index in [9.17, 15) is 9.59 Å². The van der Waals surface area contributed by atoms with Crippen LogP contribution in [0.25, 0.3) is 0 Å². The third-order valence-corrected chi connectivity index (χ3v) is 3.46. The number of benzene rings is 1. The minimum atomic E-state index is -0.342. The van der Waals surface area contributed by atoms with Crippen molar-refractivity contribution in [2.45, 2.75) is 13.0 Å². The van der Waals surface area contributed by atoms with Gasteiger partial charge in [-0.1, -0.05) is 23.2 Å². The minimum Gasteiger partial charge on any atom is -0.303 e. The highest BCUT2D eigenvalue weighted by Crippen LogP contribution is 2.21. The molecule has 0 spiro atoms. The molecule has 0 unspecified atom stereocenters. The van der Waals surface area contributed by atoms with Gasteiger partial charge >= 0.3 is 5.69 Å². The molecule has 0 N–H and O–H groups in total. The molecule has 1 aromatic carbocycles. The molecule has 0 aliphatic carbocycles. The number of rotatable bonds is 3. The van der Waals surface area contributed by atoms with Crippen LogP contribution >= 0.6 is 23.2 Å². The Morgan fingerprint density at radius 3 is 2.63 bits per heavy atom. The van der Waals surface area contributed by atoms with Gasteiger partial charge in [-0.2, -0.15) is 0 Å². The highest BCUT2D eigenvalue weighted by atomic mass is 35.5. The molecule has 2 aromatic rings. The molecule has 19 heavy (non-hydrogen) atoms. The fourth-order valence-corrected chi connectivity index (χ4v) is 2.19. The quantitative estimate of drug-likeness (QED) is 0.871. The Morgan fingerprint density at radius 1 is 1.16 bits per heavy atom. The zero-order valence-corrected chi connectivity index (χ0v) is 11.8. The van der Waals surface area contributed by atoms with E-state index in [2.05, 4.69) is 0 Å². The molecule has 1 aromatic heterocycles. The van der Waals surface area contributed by atoms with Gasteiger partial charge in [0.05, 0.1) is 0 Å². The van der Waals surface area contributed by atoms with Crippen molar-refractivity contribution >= 4 is 23.2 Å². The largest absolute Gasteiger partial charge is 0.330 e. The number of hydrogen-bond acceptors (Lipinski definition) is 2. The molecule has 6 heteroatoms. The van der Waals surface area contributed by atoms with Crippen molar-refractivity contribution < 1.29 is 0 Å². The standard InChI is InChI=1S/C13H12Cl2N2O2/c1-16-6-5-12(18)17(13(16)19)7-4-9-8-10(14)2-3-11(9)15/h2-3,5-6,8H,4,7H2,1H3. The molecule has 0 radical (unpaired) electrons. The van der Waals surface area contributed by atoms with Gasteiger partial charge in [-0.15, -0.1) is 0 Å². The monoisotopic (exact) mass is 298 g/mol. The predicted molar refractivity (Wildman–Crippen MR) is 76.1 cm³/mol. The lowest BCUT2D eigenvalue weighted by molar-refractivity contribution is 0.590. The highest BCUT2D eigenvalue weighted by Gasteiger charge is 2.06. The van der Waals surface area contributed by atoms with Crippen molar-refractivity contribution in [3.8, 4) is 0 Å².